The molecule has 8 heteroatoms. The third-order valence-electron chi connectivity index (χ3n) is 5.25. The van der Waals surface area contributed by atoms with E-state index in [1.807, 2.05) is 0 Å². The zero-order chi connectivity index (χ0) is 17.9. The molecule has 0 spiro atoms. The molecular formula is C17H29N5O2S. The molecule has 0 bridgehead atoms. The van der Waals surface area contributed by atoms with Gasteiger partial charge in [0.05, 0.1) is 11.9 Å². The minimum absolute atomic E-state index is 0.130. The Kier molecular flexibility index (Phi) is 5.91. The molecule has 1 aromatic rings. The Morgan fingerprint density at radius 2 is 2.08 bits per heavy atom. The molecule has 1 atom stereocenters. The van der Waals surface area contributed by atoms with Gasteiger partial charge in [0.2, 0.25) is 5.95 Å². The Hall–Kier alpha value is -1.25. The van der Waals surface area contributed by atoms with E-state index in [0.29, 0.717) is 17.6 Å². The van der Waals surface area contributed by atoms with Crippen molar-refractivity contribution in [3.63, 3.8) is 0 Å². The summed E-state index contributed by atoms with van der Waals surface area (Å²) in [6.45, 7) is 4.85. The smallest absolute Gasteiger partial charge is 0.222 e. The highest BCUT2D eigenvalue weighted by Gasteiger charge is 2.25. The van der Waals surface area contributed by atoms with E-state index in [0.717, 1.165) is 45.6 Å². The van der Waals surface area contributed by atoms with Crippen LogP contribution >= 0.6 is 0 Å². The molecule has 2 saturated heterocycles. The highest BCUT2D eigenvalue weighted by atomic mass is 32.2. The Morgan fingerprint density at radius 3 is 2.72 bits per heavy atom. The molecule has 0 unspecified atom stereocenters. The number of rotatable bonds is 5. The standard InChI is InChI=1S/C17H29N5O2S/c1-22-8-5-13(6-9-22)10-19-17-20-12-15(25(2,23)24)16(21-17)14-4-3-7-18-11-14/h12-14,18H,3-11H2,1-2H3,(H,19,20,21)/t14-/m0/s1. The summed E-state index contributed by atoms with van der Waals surface area (Å²) >= 11 is 0. The Bertz CT molecular complexity index is 680. The van der Waals surface area contributed by atoms with Gasteiger partial charge in [-0.1, -0.05) is 0 Å². The van der Waals surface area contributed by atoms with Crippen LogP contribution in [0.3, 0.4) is 0 Å². The summed E-state index contributed by atoms with van der Waals surface area (Å²) < 4.78 is 24.2. The van der Waals surface area contributed by atoms with Crippen LogP contribution in [-0.4, -0.2) is 69.3 Å². The van der Waals surface area contributed by atoms with Gasteiger partial charge in [0.25, 0.3) is 0 Å². The molecule has 3 heterocycles. The molecular weight excluding hydrogens is 338 g/mol. The van der Waals surface area contributed by atoms with Crippen molar-refractivity contribution in [3.05, 3.63) is 11.9 Å². The normalized spacial score (nSPS) is 23.5. The highest BCUT2D eigenvalue weighted by molar-refractivity contribution is 7.90. The summed E-state index contributed by atoms with van der Waals surface area (Å²) in [6, 6.07) is 0. The van der Waals surface area contributed by atoms with Crippen molar-refractivity contribution in [2.24, 2.45) is 5.92 Å². The van der Waals surface area contributed by atoms with Gasteiger partial charge in [-0.2, -0.15) is 0 Å². The topological polar surface area (TPSA) is 87.2 Å². The molecule has 140 valence electrons. The first kappa shape index (κ1) is 18.5. The number of anilines is 1. The second-order valence-corrected chi connectivity index (χ2v) is 9.37. The number of nitrogens with one attached hydrogen (secondary N) is 2. The monoisotopic (exact) mass is 367 g/mol. The van der Waals surface area contributed by atoms with Gasteiger partial charge < -0.3 is 15.5 Å². The van der Waals surface area contributed by atoms with Crippen molar-refractivity contribution in [3.8, 4) is 0 Å². The SMILES string of the molecule is CN1CCC(CNc2ncc(S(C)(=O)=O)c([C@H]3CCCNC3)n2)CC1. The average molecular weight is 368 g/mol. The number of likely N-dealkylation sites (tertiary alicyclic amines) is 1. The molecule has 2 fully saturated rings. The maximum atomic E-state index is 12.1. The van der Waals surface area contributed by atoms with Gasteiger partial charge in [-0.25, -0.2) is 18.4 Å². The first-order valence-corrected chi connectivity index (χ1v) is 11.0. The molecule has 7 nitrogen and oxygen atoms in total. The number of hydrogen-bond acceptors (Lipinski definition) is 7. The molecule has 0 aromatic carbocycles. The quantitative estimate of drug-likeness (QED) is 0.806. The molecule has 2 aliphatic heterocycles. The van der Waals surface area contributed by atoms with Gasteiger partial charge in [-0.05, 0) is 58.3 Å². The molecule has 2 N–H and O–H groups in total. The van der Waals surface area contributed by atoms with Gasteiger partial charge in [0.1, 0.15) is 4.90 Å². The summed E-state index contributed by atoms with van der Waals surface area (Å²) in [4.78, 5) is 11.5. The van der Waals surface area contributed by atoms with Crippen LogP contribution in [0.5, 0.6) is 0 Å². The lowest BCUT2D eigenvalue weighted by atomic mass is 9.96. The van der Waals surface area contributed by atoms with Crippen molar-refractivity contribution in [1.29, 1.82) is 0 Å². The van der Waals surface area contributed by atoms with E-state index in [2.05, 4.69) is 32.5 Å². The van der Waals surface area contributed by atoms with Crippen LogP contribution in [0.4, 0.5) is 5.95 Å². The van der Waals surface area contributed by atoms with E-state index in [-0.39, 0.29) is 10.8 Å². The molecule has 0 aliphatic carbocycles. The number of hydrogen-bond donors (Lipinski definition) is 2. The fraction of sp³-hybridized carbons (Fsp3) is 0.765. The van der Waals surface area contributed by atoms with Crippen LogP contribution in [0, 0.1) is 5.92 Å². The molecule has 1 aromatic heterocycles. The van der Waals surface area contributed by atoms with Gasteiger partial charge in [-0.3, -0.25) is 0 Å². The molecule has 0 radical (unpaired) electrons. The maximum Gasteiger partial charge on any atom is 0.222 e. The fourth-order valence-electron chi connectivity index (χ4n) is 3.63. The Labute approximate surface area is 150 Å². The lowest BCUT2D eigenvalue weighted by Crippen LogP contribution is -2.33. The molecule has 0 saturated carbocycles. The van der Waals surface area contributed by atoms with Crippen LogP contribution in [0.2, 0.25) is 0 Å². The average Bonchev–Trinajstić information content (AvgIpc) is 2.61. The van der Waals surface area contributed by atoms with Gasteiger partial charge in [0.15, 0.2) is 9.84 Å². The van der Waals surface area contributed by atoms with Gasteiger partial charge >= 0.3 is 0 Å². The summed E-state index contributed by atoms with van der Waals surface area (Å²) in [5, 5.41) is 6.67. The van der Waals surface area contributed by atoms with Crippen LogP contribution < -0.4 is 10.6 Å². The van der Waals surface area contributed by atoms with Gasteiger partial charge in [0, 0.05) is 25.3 Å². The van der Waals surface area contributed by atoms with E-state index >= 15 is 0 Å². The van der Waals surface area contributed by atoms with Crippen molar-refractivity contribution in [1.82, 2.24) is 20.2 Å². The van der Waals surface area contributed by atoms with Crippen molar-refractivity contribution in [2.45, 2.75) is 36.5 Å². The minimum atomic E-state index is -3.33. The van der Waals surface area contributed by atoms with Crippen molar-refractivity contribution >= 4 is 15.8 Å². The Morgan fingerprint density at radius 1 is 1.32 bits per heavy atom. The molecule has 2 aliphatic rings. The van der Waals surface area contributed by atoms with E-state index in [1.54, 1.807) is 0 Å². The maximum absolute atomic E-state index is 12.1. The summed E-state index contributed by atoms with van der Waals surface area (Å²) in [5.41, 5.74) is 0.663. The van der Waals surface area contributed by atoms with Crippen LogP contribution in [-0.2, 0) is 9.84 Å². The van der Waals surface area contributed by atoms with E-state index < -0.39 is 9.84 Å². The second kappa shape index (κ2) is 7.97. The van der Waals surface area contributed by atoms with E-state index in [9.17, 15) is 8.42 Å². The van der Waals surface area contributed by atoms with Crippen molar-refractivity contribution < 1.29 is 8.42 Å². The molecule has 25 heavy (non-hydrogen) atoms. The fourth-order valence-corrected chi connectivity index (χ4v) is 4.47. The number of aromatic nitrogens is 2. The molecule has 3 rings (SSSR count). The lowest BCUT2D eigenvalue weighted by molar-refractivity contribution is 0.226. The van der Waals surface area contributed by atoms with Crippen molar-refractivity contribution in [2.75, 3.05) is 51.3 Å². The zero-order valence-corrected chi connectivity index (χ0v) is 16.0. The van der Waals surface area contributed by atoms with E-state index in [4.69, 9.17) is 0 Å². The van der Waals surface area contributed by atoms with Crippen LogP contribution in [0.25, 0.3) is 0 Å². The Balaban J connectivity index is 1.74. The lowest BCUT2D eigenvalue weighted by Gasteiger charge is -2.29. The van der Waals surface area contributed by atoms with Gasteiger partial charge in [-0.15, -0.1) is 0 Å². The number of nitrogens with zero attached hydrogens (tertiary/aromatic N) is 3. The summed E-state index contributed by atoms with van der Waals surface area (Å²) in [7, 11) is -1.17. The summed E-state index contributed by atoms with van der Waals surface area (Å²) in [5.74, 6) is 1.30. The largest absolute Gasteiger partial charge is 0.354 e. The third-order valence-corrected chi connectivity index (χ3v) is 6.37. The number of piperidine rings is 2. The van der Waals surface area contributed by atoms with Crippen LogP contribution in [0.15, 0.2) is 11.1 Å². The highest BCUT2D eigenvalue weighted by Crippen LogP contribution is 2.28. The minimum Gasteiger partial charge on any atom is -0.354 e. The predicted molar refractivity (Wildman–Crippen MR) is 98.7 cm³/mol. The van der Waals surface area contributed by atoms with E-state index in [1.165, 1.54) is 25.3 Å². The van der Waals surface area contributed by atoms with Crippen LogP contribution in [0.1, 0.15) is 37.3 Å². The first-order chi connectivity index (χ1) is 11.9. The summed E-state index contributed by atoms with van der Waals surface area (Å²) in [6.07, 6.45) is 7.05. The predicted octanol–water partition coefficient (Wildman–Crippen LogP) is 1.10. The first-order valence-electron chi connectivity index (χ1n) is 9.13. The third kappa shape index (κ3) is 4.89. The second-order valence-electron chi connectivity index (χ2n) is 7.39. The molecule has 0 amide bonds. The zero-order valence-electron chi connectivity index (χ0n) is 15.2. The number of sulfone groups is 1.